The summed E-state index contributed by atoms with van der Waals surface area (Å²) in [6.45, 7) is 0.761. The van der Waals surface area contributed by atoms with Gasteiger partial charge in [-0.3, -0.25) is 9.59 Å². The first-order valence-corrected chi connectivity index (χ1v) is 7.37. The topological polar surface area (TPSA) is 75.6 Å². The van der Waals surface area contributed by atoms with Gasteiger partial charge >= 0.3 is 5.97 Å². The minimum atomic E-state index is -0.865. The predicted octanol–water partition coefficient (Wildman–Crippen LogP) is 2.07. The first-order valence-electron chi connectivity index (χ1n) is 7.37. The Morgan fingerprint density at radius 1 is 1.14 bits per heavy atom. The fourth-order valence-electron chi connectivity index (χ4n) is 2.73. The van der Waals surface area contributed by atoms with E-state index in [0.717, 1.165) is 18.6 Å². The second-order valence-electron chi connectivity index (χ2n) is 5.29. The van der Waals surface area contributed by atoms with Crippen LogP contribution in [0, 0.1) is 11.8 Å². The number of para-hydroxylation sites is 1. The van der Waals surface area contributed by atoms with E-state index in [2.05, 4.69) is 5.32 Å². The Hall–Kier alpha value is -2.04. The number of hydrogen-bond donors (Lipinski definition) is 2. The fourth-order valence-corrected chi connectivity index (χ4v) is 2.73. The number of hydrogen-bond acceptors (Lipinski definition) is 3. The Morgan fingerprint density at radius 2 is 1.81 bits per heavy atom. The zero-order valence-corrected chi connectivity index (χ0v) is 12.0. The molecule has 5 heteroatoms. The summed E-state index contributed by atoms with van der Waals surface area (Å²) in [7, 11) is 0. The summed E-state index contributed by atoms with van der Waals surface area (Å²) in [5.41, 5.74) is 0. The normalized spacial score (nSPS) is 21.5. The van der Waals surface area contributed by atoms with E-state index in [1.165, 1.54) is 0 Å². The van der Waals surface area contributed by atoms with Crippen molar-refractivity contribution >= 4 is 11.9 Å². The molecular formula is C16H21NO4. The Balaban J connectivity index is 1.74. The van der Waals surface area contributed by atoms with Crippen molar-refractivity contribution in [2.24, 2.45) is 11.8 Å². The molecule has 1 amide bonds. The van der Waals surface area contributed by atoms with Gasteiger partial charge in [0.2, 0.25) is 5.91 Å². The number of carbonyl (C=O) groups is 2. The van der Waals surface area contributed by atoms with Crippen molar-refractivity contribution in [3.05, 3.63) is 30.3 Å². The van der Waals surface area contributed by atoms with Gasteiger partial charge in [0.05, 0.1) is 18.4 Å². The Kier molecular flexibility index (Phi) is 5.60. The van der Waals surface area contributed by atoms with E-state index in [4.69, 9.17) is 4.74 Å². The molecule has 1 aliphatic rings. The fraction of sp³-hybridized carbons (Fsp3) is 0.500. The number of nitrogens with one attached hydrogen (secondary N) is 1. The van der Waals surface area contributed by atoms with Crippen molar-refractivity contribution in [3.63, 3.8) is 0 Å². The van der Waals surface area contributed by atoms with Gasteiger partial charge in [0.25, 0.3) is 0 Å². The van der Waals surface area contributed by atoms with Crippen LogP contribution in [0.3, 0.4) is 0 Å². The lowest BCUT2D eigenvalue weighted by Crippen LogP contribution is -2.41. The zero-order valence-electron chi connectivity index (χ0n) is 12.0. The van der Waals surface area contributed by atoms with Gasteiger partial charge in [0.15, 0.2) is 0 Å². The van der Waals surface area contributed by atoms with Crippen LogP contribution in [0.1, 0.15) is 25.7 Å². The average Bonchev–Trinajstić information content (AvgIpc) is 2.52. The molecule has 2 unspecified atom stereocenters. The summed E-state index contributed by atoms with van der Waals surface area (Å²) >= 11 is 0. The van der Waals surface area contributed by atoms with E-state index in [-0.39, 0.29) is 5.91 Å². The van der Waals surface area contributed by atoms with Gasteiger partial charge in [-0.25, -0.2) is 0 Å². The molecule has 0 aliphatic heterocycles. The summed E-state index contributed by atoms with van der Waals surface area (Å²) in [6, 6.07) is 9.37. The molecule has 2 atom stereocenters. The number of benzene rings is 1. The maximum absolute atomic E-state index is 12.1. The van der Waals surface area contributed by atoms with Gasteiger partial charge in [-0.15, -0.1) is 0 Å². The third-order valence-corrected chi connectivity index (χ3v) is 3.83. The van der Waals surface area contributed by atoms with Gasteiger partial charge < -0.3 is 15.2 Å². The molecule has 0 heterocycles. The molecule has 5 nitrogen and oxygen atoms in total. The van der Waals surface area contributed by atoms with Crippen molar-refractivity contribution in [3.8, 4) is 5.75 Å². The van der Waals surface area contributed by atoms with E-state index in [1.807, 2.05) is 30.3 Å². The number of rotatable bonds is 6. The molecule has 2 N–H and O–H groups in total. The molecule has 21 heavy (non-hydrogen) atoms. The number of carbonyl (C=O) groups excluding carboxylic acids is 1. The van der Waals surface area contributed by atoms with Crippen molar-refractivity contribution in [2.75, 3.05) is 13.2 Å². The first-order chi connectivity index (χ1) is 10.2. The molecule has 1 aromatic rings. The first kappa shape index (κ1) is 15.4. The van der Waals surface area contributed by atoms with E-state index in [1.54, 1.807) is 0 Å². The van der Waals surface area contributed by atoms with Crippen LogP contribution in [-0.2, 0) is 9.59 Å². The molecular weight excluding hydrogens is 270 g/mol. The highest BCUT2D eigenvalue weighted by Gasteiger charge is 2.35. The maximum Gasteiger partial charge on any atom is 0.307 e. The molecule has 1 saturated carbocycles. The Bertz CT molecular complexity index is 474. The van der Waals surface area contributed by atoms with Crippen LogP contribution in [0.15, 0.2) is 30.3 Å². The van der Waals surface area contributed by atoms with Gasteiger partial charge in [-0.05, 0) is 25.0 Å². The van der Waals surface area contributed by atoms with Crippen LogP contribution < -0.4 is 10.1 Å². The molecule has 0 saturated heterocycles. The standard InChI is InChI=1S/C16H21NO4/c18-15(13-8-4-5-9-14(13)16(19)20)17-10-11-21-12-6-2-1-3-7-12/h1-3,6-7,13-14H,4-5,8-11H2,(H,17,18)(H,19,20). The largest absolute Gasteiger partial charge is 0.492 e. The molecule has 0 bridgehead atoms. The minimum Gasteiger partial charge on any atom is -0.492 e. The molecule has 1 fully saturated rings. The van der Waals surface area contributed by atoms with Crippen molar-refractivity contribution < 1.29 is 19.4 Å². The highest BCUT2D eigenvalue weighted by atomic mass is 16.5. The number of amides is 1. The summed E-state index contributed by atoms with van der Waals surface area (Å²) in [4.78, 5) is 23.3. The lowest BCUT2D eigenvalue weighted by Gasteiger charge is -2.27. The predicted molar refractivity (Wildman–Crippen MR) is 78.0 cm³/mol. The second kappa shape index (κ2) is 7.67. The molecule has 2 rings (SSSR count). The van der Waals surface area contributed by atoms with Gasteiger partial charge in [0, 0.05) is 0 Å². The SMILES string of the molecule is O=C(O)C1CCCCC1C(=O)NCCOc1ccccc1. The lowest BCUT2D eigenvalue weighted by molar-refractivity contribution is -0.148. The molecule has 0 spiro atoms. The van der Waals surface area contributed by atoms with Crippen LogP contribution >= 0.6 is 0 Å². The second-order valence-corrected chi connectivity index (χ2v) is 5.29. The van der Waals surface area contributed by atoms with Crippen LogP contribution in [0.25, 0.3) is 0 Å². The van der Waals surface area contributed by atoms with Crippen LogP contribution in [-0.4, -0.2) is 30.1 Å². The monoisotopic (exact) mass is 291 g/mol. The zero-order chi connectivity index (χ0) is 15.1. The van der Waals surface area contributed by atoms with Crippen LogP contribution in [0.4, 0.5) is 0 Å². The quantitative estimate of drug-likeness (QED) is 0.787. The average molecular weight is 291 g/mol. The third-order valence-electron chi connectivity index (χ3n) is 3.83. The number of ether oxygens (including phenoxy) is 1. The van der Waals surface area contributed by atoms with Crippen LogP contribution in [0.5, 0.6) is 5.75 Å². The maximum atomic E-state index is 12.1. The molecule has 0 radical (unpaired) electrons. The van der Waals surface area contributed by atoms with Gasteiger partial charge in [-0.1, -0.05) is 31.0 Å². The van der Waals surface area contributed by atoms with Crippen molar-refractivity contribution in [2.45, 2.75) is 25.7 Å². The third kappa shape index (κ3) is 4.48. The van der Waals surface area contributed by atoms with E-state index >= 15 is 0 Å². The number of aliphatic carboxylic acids is 1. The number of carboxylic acid groups (broad SMARTS) is 1. The molecule has 1 aliphatic carbocycles. The summed E-state index contributed by atoms with van der Waals surface area (Å²) in [5.74, 6) is -1.23. The molecule has 1 aromatic carbocycles. The number of carboxylic acids is 1. The lowest BCUT2D eigenvalue weighted by atomic mass is 9.79. The Morgan fingerprint density at radius 3 is 2.48 bits per heavy atom. The van der Waals surface area contributed by atoms with Crippen molar-refractivity contribution in [1.82, 2.24) is 5.32 Å². The minimum absolute atomic E-state index is 0.168. The van der Waals surface area contributed by atoms with Gasteiger partial charge in [0.1, 0.15) is 12.4 Å². The Labute approximate surface area is 124 Å². The summed E-state index contributed by atoms with van der Waals surface area (Å²) < 4.78 is 5.49. The van der Waals surface area contributed by atoms with Crippen molar-refractivity contribution in [1.29, 1.82) is 0 Å². The summed E-state index contributed by atoms with van der Waals surface area (Å²) in [5, 5.41) is 12.0. The van der Waals surface area contributed by atoms with E-state index in [9.17, 15) is 14.7 Å². The molecule has 114 valence electrons. The highest BCUT2D eigenvalue weighted by molar-refractivity contribution is 5.84. The molecule has 0 aromatic heterocycles. The smallest absolute Gasteiger partial charge is 0.307 e. The van der Waals surface area contributed by atoms with Gasteiger partial charge in [-0.2, -0.15) is 0 Å². The highest BCUT2D eigenvalue weighted by Crippen LogP contribution is 2.30. The summed E-state index contributed by atoms with van der Waals surface area (Å²) in [6.07, 6.45) is 3.05. The van der Waals surface area contributed by atoms with E-state index in [0.29, 0.717) is 26.0 Å². The van der Waals surface area contributed by atoms with Crippen LogP contribution in [0.2, 0.25) is 0 Å². The van der Waals surface area contributed by atoms with E-state index < -0.39 is 17.8 Å².